The van der Waals surface area contributed by atoms with Crippen molar-refractivity contribution in [3.63, 3.8) is 0 Å². The van der Waals surface area contributed by atoms with Gasteiger partial charge in [-0.05, 0) is 34.6 Å². The lowest BCUT2D eigenvalue weighted by Gasteiger charge is -2.41. The van der Waals surface area contributed by atoms with E-state index < -0.39 is 0 Å². The molecule has 108 valence electrons. The zero-order valence-electron chi connectivity index (χ0n) is 13.6. The van der Waals surface area contributed by atoms with Crippen LogP contribution in [0.4, 0.5) is 5.69 Å². The molecule has 1 nitrogen and oxygen atoms in total. The molecular formula is C19H27N. The summed E-state index contributed by atoms with van der Waals surface area (Å²) in [5.74, 6) is 0. The highest BCUT2D eigenvalue weighted by atomic mass is 15.2. The van der Waals surface area contributed by atoms with Gasteiger partial charge in [0, 0.05) is 11.9 Å². The molecule has 1 aliphatic rings. The first-order chi connectivity index (χ1) is 9.19. The van der Waals surface area contributed by atoms with Gasteiger partial charge in [-0.25, -0.2) is 0 Å². The molecule has 0 saturated heterocycles. The first-order valence-electron chi connectivity index (χ1n) is 7.43. The first kappa shape index (κ1) is 14.9. The summed E-state index contributed by atoms with van der Waals surface area (Å²) < 4.78 is 0. The Balaban J connectivity index is 2.42. The van der Waals surface area contributed by atoms with E-state index >= 15 is 0 Å². The van der Waals surface area contributed by atoms with Crippen molar-refractivity contribution in [1.29, 1.82) is 0 Å². The van der Waals surface area contributed by atoms with Gasteiger partial charge in [-0.1, -0.05) is 65.8 Å². The second-order valence-corrected chi connectivity index (χ2v) is 7.74. The van der Waals surface area contributed by atoms with Crippen LogP contribution in [0.2, 0.25) is 0 Å². The van der Waals surface area contributed by atoms with Gasteiger partial charge < -0.3 is 4.90 Å². The van der Waals surface area contributed by atoms with Gasteiger partial charge in [0.25, 0.3) is 0 Å². The van der Waals surface area contributed by atoms with Gasteiger partial charge in [0.1, 0.15) is 0 Å². The fraction of sp³-hybridized carbons (Fsp3) is 0.474. The number of para-hydroxylation sites is 1. The van der Waals surface area contributed by atoms with E-state index in [1.165, 1.54) is 11.3 Å². The van der Waals surface area contributed by atoms with Gasteiger partial charge in [-0.2, -0.15) is 0 Å². The SMILES string of the molecule is CC(C)(C)C1=CC(C(C)(C)C)N(c2ccccc2)C=C1. The number of nitrogens with zero attached hydrogens (tertiary/aromatic N) is 1. The third kappa shape index (κ3) is 3.15. The Morgan fingerprint density at radius 1 is 0.900 bits per heavy atom. The van der Waals surface area contributed by atoms with E-state index in [-0.39, 0.29) is 10.8 Å². The van der Waals surface area contributed by atoms with E-state index in [1.807, 2.05) is 0 Å². The number of hydrogen-bond donors (Lipinski definition) is 0. The van der Waals surface area contributed by atoms with E-state index in [2.05, 4.69) is 95.1 Å². The third-order valence-electron chi connectivity index (χ3n) is 3.86. The van der Waals surface area contributed by atoms with Crippen LogP contribution in [0.3, 0.4) is 0 Å². The lowest BCUT2D eigenvalue weighted by atomic mass is 9.78. The standard InChI is InChI=1S/C19H27N/c1-18(2,3)15-12-13-20(16-10-8-7-9-11-16)17(14-15)19(4,5)6/h7-14,17H,1-6H3. The fourth-order valence-electron chi connectivity index (χ4n) is 2.57. The molecule has 2 rings (SSSR count). The molecule has 0 saturated carbocycles. The number of benzene rings is 1. The van der Waals surface area contributed by atoms with Crippen molar-refractivity contribution >= 4 is 5.69 Å². The fourth-order valence-corrected chi connectivity index (χ4v) is 2.57. The molecule has 1 unspecified atom stereocenters. The maximum Gasteiger partial charge on any atom is 0.0570 e. The minimum absolute atomic E-state index is 0.192. The number of hydrogen-bond acceptors (Lipinski definition) is 1. The molecule has 0 radical (unpaired) electrons. The quantitative estimate of drug-likeness (QED) is 0.659. The van der Waals surface area contributed by atoms with Gasteiger partial charge in [0.2, 0.25) is 0 Å². The Hall–Kier alpha value is -1.50. The van der Waals surface area contributed by atoms with E-state index in [1.54, 1.807) is 0 Å². The molecule has 1 aliphatic heterocycles. The molecule has 0 aromatic heterocycles. The van der Waals surface area contributed by atoms with Crippen molar-refractivity contribution in [2.45, 2.75) is 47.6 Å². The molecule has 1 atom stereocenters. The molecule has 0 aliphatic carbocycles. The van der Waals surface area contributed by atoms with Gasteiger partial charge in [0.05, 0.1) is 6.04 Å². The molecule has 0 spiro atoms. The van der Waals surface area contributed by atoms with Gasteiger partial charge in [-0.15, -0.1) is 0 Å². The van der Waals surface area contributed by atoms with Crippen molar-refractivity contribution in [1.82, 2.24) is 0 Å². The molecule has 0 amide bonds. The van der Waals surface area contributed by atoms with E-state index in [0.29, 0.717) is 6.04 Å². The van der Waals surface area contributed by atoms with Crippen LogP contribution in [0.5, 0.6) is 0 Å². The molecule has 0 N–H and O–H groups in total. The largest absolute Gasteiger partial charge is 0.341 e. The van der Waals surface area contributed by atoms with Crippen molar-refractivity contribution in [2.24, 2.45) is 10.8 Å². The highest BCUT2D eigenvalue weighted by molar-refractivity contribution is 5.55. The van der Waals surface area contributed by atoms with Crippen molar-refractivity contribution in [3.8, 4) is 0 Å². The summed E-state index contributed by atoms with van der Waals surface area (Å²) in [6, 6.07) is 11.0. The predicted molar refractivity (Wildman–Crippen MR) is 88.8 cm³/mol. The van der Waals surface area contributed by atoms with E-state index in [9.17, 15) is 0 Å². The summed E-state index contributed by atoms with van der Waals surface area (Å²) in [5.41, 5.74) is 3.07. The summed E-state index contributed by atoms with van der Waals surface area (Å²) in [5, 5.41) is 0. The molecule has 0 bridgehead atoms. The van der Waals surface area contributed by atoms with Gasteiger partial charge >= 0.3 is 0 Å². The summed E-state index contributed by atoms with van der Waals surface area (Å²) in [6.45, 7) is 13.8. The first-order valence-corrected chi connectivity index (χ1v) is 7.43. The van der Waals surface area contributed by atoms with Crippen LogP contribution in [-0.4, -0.2) is 6.04 Å². The van der Waals surface area contributed by atoms with Crippen LogP contribution < -0.4 is 4.90 Å². The van der Waals surface area contributed by atoms with Crippen LogP contribution in [0, 0.1) is 10.8 Å². The summed E-state index contributed by atoms with van der Waals surface area (Å²) in [6.07, 6.45) is 6.94. The second kappa shape index (κ2) is 5.12. The zero-order chi connectivity index (χ0) is 15.0. The Morgan fingerprint density at radius 2 is 1.50 bits per heavy atom. The number of anilines is 1. The highest BCUT2D eigenvalue weighted by Gasteiger charge is 2.32. The Kier molecular flexibility index (Phi) is 3.82. The summed E-state index contributed by atoms with van der Waals surface area (Å²) >= 11 is 0. The number of rotatable bonds is 1. The molecule has 1 aromatic carbocycles. The molecule has 0 fully saturated rings. The normalized spacial score (nSPS) is 20.0. The molecule has 20 heavy (non-hydrogen) atoms. The van der Waals surface area contributed by atoms with E-state index in [0.717, 1.165) is 0 Å². The monoisotopic (exact) mass is 269 g/mol. The maximum atomic E-state index is 2.44. The van der Waals surface area contributed by atoms with Crippen molar-refractivity contribution in [2.75, 3.05) is 4.90 Å². The Labute approximate surface area is 124 Å². The predicted octanol–water partition coefficient (Wildman–Crippen LogP) is 5.41. The lowest BCUT2D eigenvalue weighted by Crippen LogP contribution is -2.42. The zero-order valence-corrected chi connectivity index (χ0v) is 13.6. The second-order valence-electron chi connectivity index (χ2n) is 7.74. The van der Waals surface area contributed by atoms with E-state index in [4.69, 9.17) is 0 Å². The Bertz CT molecular complexity index is 509. The minimum Gasteiger partial charge on any atom is -0.341 e. The lowest BCUT2D eigenvalue weighted by molar-refractivity contribution is 0.353. The summed E-state index contributed by atoms with van der Waals surface area (Å²) in [7, 11) is 0. The molecule has 1 heterocycles. The van der Waals surface area contributed by atoms with Crippen LogP contribution in [0.25, 0.3) is 0 Å². The molecular weight excluding hydrogens is 242 g/mol. The topological polar surface area (TPSA) is 3.24 Å². The van der Waals surface area contributed by atoms with Crippen LogP contribution >= 0.6 is 0 Å². The van der Waals surface area contributed by atoms with Crippen LogP contribution in [0.1, 0.15) is 41.5 Å². The molecule has 1 heteroatoms. The minimum atomic E-state index is 0.192. The smallest absolute Gasteiger partial charge is 0.0570 e. The Morgan fingerprint density at radius 3 is 2.00 bits per heavy atom. The number of allylic oxidation sites excluding steroid dienone is 2. The van der Waals surface area contributed by atoms with Gasteiger partial charge in [-0.3, -0.25) is 0 Å². The average Bonchev–Trinajstić information content (AvgIpc) is 2.37. The average molecular weight is 269 g/mol. The van der Waals surface area contributed by atoms with Crippen LogP contribution in [-0.2, 0) is 0 Å². The van der Waals surface area contributed by atoms with Crippen molar-refractivity contribution in [3.05, 3.63) is 54.3 Å². The maximum absolute atomic E-state index is 2.44. The van der Waals surface area contributed by atoms with Crippen molar-refractivity contribution < 1.29 is 0 Å². The van der Waals surface area contributed by atoms with Crippen LogP contribution in [0.15, 0.2) is 54.3 Å². The third-order valence-corrected chi connectivity index (χ3v) is 3.86. The highest BCUT2D eigenvalue weighted by Crippen LogP contribution is 2.37. The molecule has 1 aromatic rings. The summed E-state index contributed by atoms with van der Waals surface area (Å²) in [4.78, 5) is 2.38. The van der Waals surface area contributed by atoms with Gasteiger partial charge in [0.15, 0.2) is 0 Å².